The molecule has 3 aromatic rings. The Hall–Kier alpha value is -5.87. The third-order valence-corrected chi connectivity index (χ3v) is 12.1. The highest BCUT2D eigenvalue weighted by Crippen LogP contribution is 2.48. The normalized spacial score (nSPS) is 20.2. The predicted molar refractivity (Wildman–Crippen MR) is 228 cm³/mol. The van der Waals surface area contributed by atoms with Crippen molar-refractivity contribution in [1.82, 2.24) is 15.7 Å². The third-order valence-electron chi connectivity index (χ3n) is 11.4. The molecule has 0 bridgehead atoms. The number of carbonyl (C=O) groups is 5. The highest BCUT2D eigenvalue weighted by atomic mass is 32.2. The van der Waals surface area contributed by atoms with E-state index in [1.165, 1.54) is 5.56 Å². The number of nitrogens with one attached hydrogen (secondary N) is 2. The molecule has 1 unspecified atom stereocenters. The molecule has 3 N–H and O–H groups in total. The second kappa shape index (κ2) is 18.8. The lowest BCUT2D eigenvalue weighted by Crippen LogP contribution is -2.53. The number of aromatic nitrogens is 1. The predicted octanol–water partition coefficient (Wildman–Crippen LogP) is 5.38. The van der Waals surface area contributed by atoms with Crippen molar-refractivity contribution in [2.45, 2.75) is 91.0 Å². The molecule has 0 spiro atoms. The van der Waals surface area contributed by atoms with Gasteiger partial charge in [-0.25, -0.2) is 4.79 Å². The van der Waals surface area contributed by atoms with Crippen molar-refractivity contribution in [1.29, 1.82) is 0 Å². The van der Waals surface area contributed by atoms with Gasteiger partial charge < -0.3 is 24.8 Å². The van der Waals surface area contributed by atoms with Crippen LogP contribution in [0.25, 0.3) is 17.2 Å². The second-order valence-corrected chi connectivity index (χ2v) is 17.5. The van der Waals surface area contributed by atoms with E-state index < -0.39 is 57.4 Å². The molecule has 3 heterocycles. The summed E-state index contributed by atoms with van der Waals surface area (Å²) in [5.41, 5.74) is 4.20. The van der Waals surface area contributed by atoms with Crippen molar-refractivity contribution < 1.29 is 50.8 Å². The molecular weight excluding hydrogens is 803 g/mol. The Labute approximate surface area is 355 Å². The van der Waals surface area contributed by atoms with Gasteiger partial charge in [0.15, 0.2) is 0 Å². The number of oxazole rings is 1. The van der Waals surface area contributed by atoms with Crippen LogP contribution in [0.1, 0.15) is 90.5 Å². The number of benzene rings is 2. The largest absolute Gasteiger partial charge is 0.398 e. The maximum absolute atomic E-state index is 14.5. The number of fused-ring (bicyclic) bond motifs is 2. The van der Waals surface area contributed by atoms with Gasteiger partial charge in [-0.3, -0.25) is 23.7 Å². The van der Waals surface area contributed by atoms with Crippen molar-refractivity contribution >= 4 is 62.6 Å². The number of nitrogens with zero attached hydrogens (tertiary/aromatic N) is 3. The molecule has 1 fully saturated rings. The monoisotopic (exact) mass is 856 g/mol. The SMILES string of the molecule is CCN1/C(=C/C=C2C=C(/C=C/c3oc4ccccc4[n+]3CC)CC(C(=O)NCCCCCC(=O)ON3C(=O)CCC3=O)(C(=O)NCCS(=O)(=O)O)C/2)C(C)(C)c2ccccc21. The molecule has 15 nitrogen and oxygen atoms in total. The summed E-state index contributed by atoms with van der Waals surface area (Å²) >= 11 is 0. The first-order valence-electron chi connectivity index (χ1n) is 20.7. The third kappa shape index (κ3) is 10.0. The summed E-state index contributed by atoms with van der Waals surface area (Å²) in [4.78, 5) is 71.9. The Morgan fingerprint density at radius 3 is 2.30 bits per heavy atom. The first-order chi connectivity index (χ1) is 29.1. The van der Waals surface area contributed by atoms with E-state index in [1.54, 1.807) is 0 Å². The second-order valence-electron chi connectivity index (χ2n) is 16.0. The number of hydrogen-bond acceptors (Lipinski definition) is 10. The zero-order valence-electron chi connectivity index (χ0n) is 35.1. The molecule has 1 atom stereocenters. The molecule has 1 aliphatic carbocycles. The van der Waals surface area contributed by atoms with Gasteiger partial charge in [0, 0.05) is 61.8 Å². The molecule has 0 radical (unpaired) electrons. The molecular formula is C45H54N5O10S+. The molecule has 4 amide bonds. The van der Waals surface area contributed by atoms with Gasteiger partial charge in [0.1, 0.15) is 12.0 Å². The number of imide groups is 1. The van der Waals surface area contributed by atoms with Crippen LogP contribution in [-0.4, -0.2) is 73.0 Å². The van der Waals surface area contributed by atoms with Crippen LogP contribution in [-0.2, 0) is 50.9 Å². The average molecular weight is 857 g/mol. The van der Waals surface area contributed by atoms with Gasteiger partial charge in [0.05, 0.1) is 11.8 Å². The Bertz CT molecular complexity index is 2430. The van der Waals surface area contributed by atoms with Gasteiger partial charge in [-0.1, -0.05) is 62.8 Å². The molecule has 3 aliphatic rings. The highest BCUT2D eigenvalue weighted by Gasteiger charge is 2.48. The van der Waals surface area contributed by atoms with E-state index in [1.807, 2.05) is 78.3 Å². The minimum Gasteiger partial charge on any atom is -0.398 e. The van der Waals surface area contributed by atoms with E-state index in [0.717, 1.165) is 23.4 Å². The number of hydrogen-bond donors (Lipinski definition) is 3. The van der Waals surface area contributed by atoms with E-state index in [9.17, 15) is 36.9 Å². The van der Waals surface area contributed by atoms with Crippen LogP contribution in [0.5, 0.6) is 0 Å². The highest BCUT2D eigenvalue weighted by molar-refractivity contribution is 7.85. The lowest BCUT2D eigenvalue weighted by Gasteiger charge is -2.35. The minimum atomic E-state index is -4.41. The molecule has 1 saturated heterocycles. The standard InChI is InChI=1S/C45H53N5O10S/c1-5-48-34-15-10-9-14-33(34)44(3,4)37(48)21-19-31-28-32(20-24-40-49(6-2)35-16-11-12-17-36(35)59-40)30-45(29-31,43(55)47-26-27-61(56,57)58)42(54)46-25-13-7-8-18-41(53)60-50-38(51)22-23-39(50)52/h9-12,14-17,19-21,24,28H,5-8,13,18,22-23,25-27,29-30H2,1-4H3,(H2-,46,47,54,55,56,57,58)/p+1. The lowest BCUT2D eigenvalue weighted by molar-refractivity contribution is -0.674. The van der Waals surface area contributed by atoms with Crippen molar-refractivity contribution in [3.63, 3.8) is 0 Å². The number of rotatable bonds is 17. The summed E-state index contributed by atoms with van der Waals surface area (Å²) in [6.07, 6.45) is 10.7. The quantitative estimate of drug-likeness (QED) is 0.0519. The van der Waals surface area contributed by atoms with E-state index in [0.29, 0.717) is 53.5 Å². The summed E-state index contributed by atoms with van der Waals surface area (Å²) < 4.78 is 40.9. The number of unbranched alkanes of at least 4 members (excludes halogenated alkanes) is 2. The molecule has 324 valence electrons. The van der Waals surface area contributed by atoms with E-state index >= 15 is 0 Å². The number of likely N-dealkylation sites (N-methyl/N-ethyl adjacent to an activating group) is 1. The maximum atomic E-state index is 14.5. The zero-order valence-corrected chi connectivity index (χ0v) is 35.9. The molecule has 2 aromatic carbocycles. The van der Waals surface area contributed by atoms with Crippen molar-refractivity contribution in [3.05, 3.63) is 101 Å². The van der Waals surface area contributed by atoms with E-state index in [-0.39, 0.29) is 44.1 Å². The minimum absolute atomic E-state index is 0.000958. The van der Waals surface area contributed by atoms with Crippen LogP contribution >= 0.6 is 0 Å². The van der Waals surface area contributed by atoms with E-state index in [2.05, 4.69) is 48.4 Å². The summed E-state index contributed by atoms with van der Waals surface area (Å²) in [6, 6.07) is 15.9. The van der Waals surface area contributed by atoms with Gasteiger partial charge in [-0.2, -0.15) is 13.0 Å². The molecule has 6 rings (SSSR count). The Balaban J connectivity index is 1.29. The average Bonchev–Trinajstić information content (AvgIpc) is 3.83. The fraction of sp³-hybridized carbons (Fsp3) is 0.422. The maximum Gasteiger partial charge on any atom is 0.374 e. The fourth-order valence-electron chi connectivity index (χ4n) is 8.30. The van der Waals surface area contributed by atoms with Gasteiger partial charge >= 0.3 is 11.9 Å². The first-order valence-corrected chi connectivity index (χ1v) is 22.4. The van der Waals surface area contributed by atoms with Gasteiger partial charge in [-0.15, -0.1) is 5.06 Å². The zero-order chi connectivity index (χ0) is 44.0. The molecule has 61 heavy (non-hydrogen) atoms. The smallest absolute Gasteiger partial charge is 0.374 e. The van der Waals surface area contributed by atoms with Crippen LogP contribution in [0.4, 0.5) is 5.69 Å². The summed E-state index contributed by atoms with van der Waals surface area (Å²) in [5.74, 6) is -3.26. The van der Waals surface area contributed by atoms with Gasteiger partial charge in [-0.05, 0) is 80.5 Å². The number of anilines is 1. The Morgan fingerprint density at radius 2 is 1.59 bits per heavy atom. The summed E-state index contributed by atoms with van der Waals surface area (Å²) in [6.45, 7) is 9.49. The lowest BCUT2D eigenvalue weighted by atomic mass is 9.70. The number of hydroxylamine groups is 2. The number of amides is 4. The number of para-hydroxylation sites is 3. The first kappa shape index (κ1) is 44.7. The molecule has 0 saturated carbocycles. The van der Waals surface area contributed by atoms with Crippen LogP contribution in [0.2, 0.25) is 0 Å². The van der Waals surface area contributed by atoms with Crippen LogP contribution in [0.15, 0.2) is 94.1 Å². The molecule has 16 heteroatoms. The van der Waals surface area contributed by atoms with Crippen LogP contribution in [0.3, 0.4) is 0 Å². The Morgan fingerprint density at radius 1 is 0.902 bits per heavy atom. The van der Waals surface area contributed by atoms with Crippen molar-refractivity contribution in [2.75, 3.05) is 30.3 Å². The Kier molecular flexibility index (Phi) is 13.8. The fourth-order valence-corrected chi connectivity index (χ4v) is 8.66. The van der Waals surface area contributed by atoms with Gasteiger partial charge in [0.2, 0.25) is 17.4 Å². The van der Waals surface area contributed by atoms with Crippen molar-refractivity contribution in [3.8, 4) is 0 Å². The van der Waals surface area contributed by atoms with Crippen LogP contribution < -0.4 is 20.1 Å². The summed E-state index contributed by atoms with van der Waals surface area (Å²) in [5, 5.41) is 6.04. The number of carbonyl (C=O) groups excluding carboxylic acids is 5. The topological polar surface area (TPSA) is 197 Å². The van der Waals surface area contributed by atoms with Gasteiger partial charge in [0.25, 0.3) is 27.4 Å². The number of aryl methyl sites for hydroxylation is 1. The summed E-state index contributed by atoms with van der Waals surface area (Å²) in [7, 11) is -4.41. The molecule has 1 aromatic heterocycles. The van der Waals surface area contributed by atoms with Crippen molar-refractivity contribution in [2.24, 2.45) is 5.41 Å². The number of allylic oxidation sites excluding steroid dienone is 7. The molecule has 2 aliphatic heterocycles. The van der Waals surface area contributed by atoms with Crippen LogP contribution in [0, 0.1) is 5.41 Å². The van der Waals surface area contributed by atoms with E-state index in [4.69, 9.17) is 9.25 Å².